The first-order valence-corrected chi connectivity index (χ1v) is 15.4. The van der Waals surface area contributed by atoms with Crippen molar-refractivity contribution < 1.29 is 68.4 Å². The minimum atomic E-state index is -1.69. The molecule has 48 heavy (non-hydrogen) atoms. The number of carbonyl (C=O) groups excluding carboxylic acids is 6. The number of nitrogens with zero attached hydrogens (tertiary/aromatic N) is 2. The van der Waals surface area contributed by atoms with E-state index in [-0.39, 0.29) is 25.4 Å². The summed E-state index contributed by atoms with van der Waals surface area (Å²) < 4.78 is 0. The maximum Gasteiger partial charge on any atom is 0.323 e. The minimum Gasteiger partial charge on any atom is -0.480 e. The number of rotatable bonds is 25. The summed E-state index contributed by atoms with van der Waals surface area (Å²) >= 11 is 8.03. The second-order valence-corrected chi connectivity index (χ2v) is 11.0. The van der Waals surface area contributed by atoms with Crippen molar-refractivity contribution in [1.82, 2.24) is 20.4 Å². The first-order valence-electron chi connectivity index (χ1n) is 14.1. The highest BCUT2D eigenvalue weighted by atomic mass is 32.1. The fourth-order valence-corrected chi connectivity index (χ4v) is 4.81. The van der Waals surface area contributed by atoms with Gasteiger partial charge in [-0.15, -0.1) is 0 Å². The Morgan fingerprint density at radius 1 is 0.625 bits per heavy atom. The molecule has 0 spiro atoms. The van der Waals surface area contributed by atoms with E-state index in [1.807, 2.05) is 0 Å². The zero-order chi connectivity index (χ0) is 37.1. The molecule has 0 heterocycles. The van der Waals surface area contributed by atoms with Crippen molar-refractivity contribution in [1.29, 1.82) is 0 Å². The Morgan fingerprint density at radius 3 is 1.17 bits per heavy atom. The van der Waals surface area contributed by atoms with Gasteiger partial charge in [0.25, 0.3) is 0 Å². The Hall–Kier alpha value is -4.28. The van der Waals surface area contributed by atoms with E-state index in [0.717, 1.165) is 0 Å². The van der Waals surface area contributed by atoms with Crippen LogP contribution < -0.4 is 22.1 Å². The number of hydrogen-bond donors (Lipinski definition) is 10. The van der Waals surface area contributed by atoms with Crippen LogP contribution in [0.2, 0.25) is 0 Å². The summed E-state index contributed by atoms with van der Waals surface area (Å²) in [6.07, 6.45) is -2.63. The molecule has 0 radical (unpaired) electrons. The van der Waals surface area contributed by atoms with Crippen molar-refractivity contribution in [3.8, 4) is 0 Å². The lowest BCUT2D eigenvalue weighted by Gasteiger charge is -2.42. The molecule has 10 N–H and O–H groups in total. The third-order valence-electron chi connectivity index (χ3n) is 6.73. The highest BCUT2D eigenvalue weighted by molar-refractivity contribution is 7.80. The van der Waals surface area contributed by atoms with E-state index in [0.29, 0.717) is 9.80 Å². The molecule has 0 aromatic heterocycles. The van der Waals surface area contributed by atoms with Gasteiger partial charge in [-0.25, -0.2) is 0 Å². The molecule has 270 valence electrons. The fourth-order valence-electron chi connectivity index (χ4n) is 4.31. The van der Waals surface area contributed by atoms with E-state index < -0.39 is 134 Å². The van der Waals surface area contributed by atoms with Crippen LogP contribution in [0.5, 0.6) is 0 Å². The van der Waals surface area contributed by atoms with Crippen molar-refractivity contribution in [2.75, 3.05) is 24.6 Å². The molecule has 0 bridgehead atoms. The minimum absolute atomic E-state index is 0.221. The van der Waals surface area contributed by atoms with Crippen LogP contribution >= 0.6 is 25.3 Å². The van der Waals surface area contributed by atoms with Crippen molar-refractivity contribution in [2.24, 2.45) is 11.5 Å². The molecule has 0 fully saturated rings. The zero-order valence-electron chi connectivity index (χ0n) is 25.5. The standard InChI is InChI=1S/C26H40N6O14S2/c27-13(25(43)44)1-3-19(35)29-15(11-47)23(41)31(9-21(37)38)17(5-7-33)18(6-8-34)32(10-22(39)40)24(42)16(12-48)30-20(36)4-2-14(28)26(45)46/h7-8,13-18,47-48H,1-6,9-12,27-28H2,(H,29,35)(H,30,36)(H,37,38)(H,39,40)(H,43,44)(H,45,46). The second kappa shape index (κ2) is 22.3. The molecule has 22 heteroatoms. The molecule has 0 aliphatic heterocycles. The number of amides is 4. The lowest BCUT2D eigenvalue weighted by molar-refractivity contribution is -0.154. The second-order valence-electron chi connectivity index (χ2n) is 10.2. The smallest absolute Gasteiger partial charge is 0.323 e. The highest BCUT2D eigenvalue weighted by Gasteiger charge is 2.41. The van der Waals surface area contributed by atoms with Gasteiger partial charge in [0.2, 0.25) is 23.6 Å². The Morgan fingerprint density at radius 2 is 0.938 bits per heavy atom. The van der Waals surface area contributed by atoms with Crippen LogP contribution in [0.25, 0.3) is 0 Å². The van der Waals surface area contributed by atoms with Crippen LogP contribution in [0.15, 0.2) is 0 Å². The molecule has 0 rings (SSSR count). The van der Waals surface area contributed by atoms with Gasteiger partial charge in [-0.05, 0) is 12.8 Å². The van der Waals surface area contributed by atoms with Crippen LogP contribution in [0.1, 0.15) is 38.5 Å². The predicted octanol–water partition coefficient (Wildman–Crippen LogP) is -4.06. The maximum absolute atomic E-state index is 13.7. The Balaban J connectivity index is 6.66. The van der Waals surface area contributed by atoms with E-state index in [2.05, 4.69) is 35.9 Å². The van der Waals surface area contributed by atoms with Crippen molar-refractivity contribution in [2.45, 2.75) is 74.8 Å². The van der Waals surface area contributed by atoms with Crippen LogP contribution in [0.3, 0.4) is 0 Å². The van der Waals surface area contributed by atoms with E-state index >= 15 is 0 Å². The summed E-state index contributed by atoms with van der Waals surface area (Å²) in [6, 6.07) is -9.36. The molecular weight excluding hydrogens is 684 g/mol. The van der Waals surface area contributed by atoms with Gasteiger partial charge in [0, 0.05) is 37.2 Å². The topological polar surface area (TPSA) is 334 Å². The van der Waals surface area contributed by atoms with E-state index in [1.165, 1.54) is 0 Å². The number of aliphatic carboxylic acids is 4. The molecule has 6 unspecified atom stereocenters. The number of thiol groups is 2. The summed E-state index contributed by atoms with van der Waals surface area (Å²) in [4.78, 5) is 123. The van der Waals surface area contributed by atoms with Gasteiger partial charge in [0.05, 0.1) is 12.1 Å². The molecule has 0 aliphatic carbocycles. The molecule has 4 amide bonds. The fraction of sp³-hybridized carbons (Fsp3) is 0.615. The number of carboxylic acid groups (broad SMARTS) is 4. The summed E-state index contributed by atoms with van der Waals surface area (Å²) in [7, 11) is 0. The largest absolute Gasteiger partial charge is 0.480 e. The Bertz CT molecular complexity index is 1120. The van der Waals surface area contributed by atoms with Gasteiger partial charge < -0.3 is 61.9 Å². The lowest BCUT2D eigenvalue weighted by Crippen LogP contribution is -2.63. The van der Waals surface area contributed by atoms with Gasteiger partial charge in [0.1, 0.15) is 49.8 Å². The first kappa shape index (κ1) is 43.7. The van der Waals surface area contributed by atoms with Crippen molar-refractivity contribution >= 4 is 85.3 Å². The van der Waals surface area contributed by atoms with Crippen molar-refractivity contribution in [3.63, 3.8) is 0 Å². The molecule has 6 atom stereocenters. The molecule has 0 saturated carbocycles. The first-order chi connectivity index (χ1) is 22.4. The molecule has 20 nitrogen and oxygen atoms in total. The summed E-state index contributed by atoms with van der Waals surface area (Å²) in [6.45, 7) is -2.33. The van der Waals surface area contributed by atoms with Gasteiger partial charge >= 0.3 is 23.9 Å². The number of nitrogens with one attached hydrogen (secondary N) is 2. The monoisotopic (exact) mass is 724 g/mol. The number of hydrogen-bond acceptors (Lipinski definition) is 14. The summed E-state index contributed by atoms with van der Waals surface area (Å²) in [5.41, 5.74) is 10.8. The predicted molar refractivity (Wildman–Crippen MR) is 169 cm³/mol. The summed E-state index contributed by atoms with van der Waals surface area (Å²) in [5.74, 6) is -11.0. The molecule has 0 aliphatic rings. The third-order valence-corrected chi connectivity index (χ3v) is 7.46. The number of aldehydes is 2. The maximum atomic E-state index is 13.7. The van der Waals surface area contributed by atoms with E-state index in [9.17, 15) is 58.2 Å². The SMILES string of the molecule is NC(CCC(=O)NC(CS)C(=O)N(CC(=O)O)C(CC=O)C(CC=O)N(CC(=O)O)C(=O)C(CS)NC(=O)CCC(N)C(=O)O)C(=O)O. The third kappa shape index (κ3) is 15.1. The van der Waals surface area contributed by atoms with E-state index in [4.69, 9.17) is 21.7 Å². The normalized spacial score (nSPS) is 14.5. The Kier molecular flexibility index (Phi) is 20.3. The van der Waals surface area contributed by atoms with E-state index in [1.54, 1.807) is 0 Å². The quantitative estimate of drug-likeness (QED) is 0.0316. The highest BCUT2D eigenvalue weighted by Crippen LogP contribution is 2.21. The van der Waals surface area contributed by atoms with Gasteiger partial charge in [-0.3, -0.25) is 38.4 Å². The van der Waals surface area contributed by atoms with Gasteiger partial charge in [-0.2, -0.15) is 25.3 Å². The van der Waals surface area contributed by atoms with Crippen LogP contribution in [-0.2, 0) is 47.9 Å². The average Bonchev–Trinajstić information content (AvgIpc) is 3.02. The van der Waals surface area contributed by atoms with Crippen molar-refractivity contribution in [3.05, 3.63) is 0 Å². The van der Waals surface area contributed by atoms with Gasteiger partial charge in [0.15, 0.2) is 0 Å². The summed E-state index contributed by atoms with van der Waals surface area (Å²) in [5, 5.41) is 41.6. The van der Waals surface area contributed by atoms with Crippen LogP contribution in [-0.4, -0.2) is 151 Å². The average molecular weight is 725 g/mol. The number of carbonyl (C=O) groups is 10. The molecule has 0 aromatic carbocycles. The molecular formula is C26H40N6O14S2. The number of nitrogens with two attached hydrogens (primary N) is 2. The number of carboxylic acids is 4. The van der Waals surface area contributed by atoms with Gasteiger partial charge in [-0.1, -0.05) is 0 Å². The lowest BCUT2D eigenvalue weighted by atomic mass is 9.96. The van der Waals surface area contributed by atoms with Crippen LogP contribution in [0.4, 0.5) is 0 Å². The Labute approximate surface area is 284 Å². The molecule has 0 aromatic rings. The molecule has 0 saturated heterocycles. The van der Waals surface area contributed by atoms with Crippen LogP contribution in [0, 0.1) is 0 Å². The zero-order valence-corrected chi connectivity index (χ0v) is 27.3.